The Balaban J connectivity index is 1.54. The lowest BCUT2D eigenvalue weighted by molar-refractivity contribution is 0.0366. The van der Waals surface area contributed by atoms with Crippen LogP contribution in [-0.4, -0.2) is 74.4 Å². The average molecular weight is 403 g/mol. The van der Waals surface area contributed by atoms with Crippen molar-refractivity contribution >= 4 is 5.91 Å². The number of hydrogen-bond donors (Lipinski definition) is 0. The van der Waals surface area contributed by atoms with E-state index in [1.807, 2.05) is 23.1 Å². The number of benzene rings is 1. The number of likely N-dealkylation sites (tertiary alicyclic amines) is 1. The molecular formula is C24H38N2O3. The van der Waals surface area contributed by atoms with Gasteiger partial charge in [0, 0.05) is 44.9 Å². The summed E-state index contributed by atoms with van der Waals surface area (Å²) in [6.45, 7) is 11.8. The molecule has 2 aliphatic heterocycles. The number of nitrogens with zero attached hydrogens (tertiary/aromatic N) is 2. The average Bonchev–Trinajstić information content (AvgIpc) is 3.13. The fourth-order valence-corrected chi connectivity index (χ4v) is 4.78. The van der Waals surface area contributed by atoms with E-state index in [1.54, 1.807) is 7.11 Å². The summed E-state index contributed by atoms with van der Waals surface area (Å²) in [4.78, 5) is 17.5. The number of hydrogen-bond acceptors (Lipinski definition) is 4. The van der Waals surface area contributed by atoms with Crippen molar-refractivity contribution in [3.63, 3.8) is 0 Å². The molecule has 1 aromatic carbocycles. The Bertz CT molecular complexity index is 668. The molecule has 0 aromatic heterocycles. The predicted molar refractivity (Wildman–Crippen MR) is 116 cm³/mol. The van der Waals surface area contributed by atoms with Crippen molar-refractivity contribution in [1.82, 2.24) is 9.80 Å². The third-order valence-corrected chi connectivity index (χ3v) is 6.78. The summed E-state index contributed by atoms with van der Waals surface area (Å²) in [6.07, 6.45) is 4.38. The van der Waals surface area contributed by atoms with E-state index in [-0.39, 0.29) is 17.4 Å². The van der Waals surface area contributed by atoms with E-state index in [9.17, 15) is 4.79 Å². The summed E-state index contributed by atoms with van der Waals surface area (Å²) < 4.78 is 11.5. The molecule has 0 unspecified atom stereocenters. The molecule has 0 saturated carbocycles. The van der Waals surface area contributed by atoms with E-state index in [0.717, 1.165) is 76.2 Å². The van der Waals surface area contributed by atoms with Crippen LogP contribution in [0.1, 0.15) is 56.0 Å². The van der Waals surface area contributed by atoms with Crippen LogP contribution >= 0.6 is 0 Å². The Morgan fingerprint density at radius 2 is 2.03 bits per heavy atom. The van der Waals surface area contributed by atoms with Gasteiger partial charge in [0.15, 0.2) is 0 Å². The lowest BCUT2D eigenvalue weighted by Crippen LogP contribution is -2.44. The van der Waals surface area contributed by atoms with Gasteiger partial charge >= 0.3 is 0 Å². The van der Waals surface area contributed by atoms with Gasteiger partial charge in [-0.15, -0.1) is 0 Å². The second-order valence-electron chi connectivity index (χ2n) is 9.02. The first kappa shape index (κ1) is 22.3. The zero-order valence-electron chi connectivity index (χ0n) is 18.7. The molecule has 0 radical (unpaired) electrons. The number of methoxy groups -OCH3 is 1. The molecular weight excluding hydrogens is 364 g/mol. The highest BCUT2D eigenvalue weighted by molar-refractivity contribution is 5.95. The lowest BCUT2D eigenvalue weighted by atomic mass is 9.76. The Kier molecular flexibility index (Phi) is 7.72. The molecule has 1 amide bonds. The smallest absolute Gasteiger partial charge is 0.254 e. The van der Waals surface area contributed by atoms with Gasteiger partial charge in [-0.25, -0.2) is 0 Å². The van der Waals surface area contributed by atoms with Crippen molar-refractivity contribution in [2.75, 3.05) is 46.5 Å². The van der Waals surface area contributed by atoms with Gasteiger partial charge in [0.1, 0.15) is 0 Å². The number of aryl methyl sites for hydroxylation is 1. The van der Waals surface area contributed by atoms with Crippen LogP contribution in [0, 0.1) is 5.41 Å². The molecule has 0 N–H and O–H groups in total. The Labute approximate surface area is 176 Å². The van der Waals surface area contributed by atoms with Crippen LogP contribution in [0.2, 0.25) is 0 Å². The summed E-state index contributed by atoms with van der Waals surface area (Å²) in [6, 6.07) is 8.52. The number of carbonyl (C=O) groups is 1. The van der Waals surface area contributed by atoms with E-state index in [1.165, 1.54) is 0 Å². The van der Waals surface area contributed by atoms with Crippen LogP contribution in [0.3, 0.4) is 0 Å². The minimum Gasteiger partial charge on any atom is -0.383 e. The molecule has 0 bridgehead atoms. The van der Waals surface area contributed by atoms with Crippen LogP contribution in [0.5, 0.6) is 0 Å². The molecule has 2 saturated heterocycles. The number of rotatable bonds is 8. The molecule has 162 valence electrons. The molecule has 29 heavy (non-hydrogen) atoms. The molecule has 5 heteroatoms. The topological polar surface area (TPSA) is 42.0 Å². The van der Waals surface area contributed by atoms with Crippen LogP contribution in [0.4, 0.5) is 0 Å². The van der Waals surface area contributed by atoms with Crippen molar-refractivity contribution in [3.8, 4) is 0 Å². The van der Waals surface area contributed by atoms with E-state index < -0.39 is 0 Å². The summed E-state index contributed by atoms with van der Waals surface area (Å²) in [5.74, 6) is 0.193. The largest absolute Gasteiger partial charge is 0.383 e. The molecule has 2 fully saturated rings. The van der Waals surface area contributed by atoms with E-state index in [2.05, 4.69) is 31.7 Å². The molecule has 1 atom stereocenters. The molecule has 1 aromatic rings. The van der Waals surface area contributed by atoms with Crippen LogP contribution in [0.15, 0.2) is 24.3 Å². The highest BCUT2D eigenvalue weighted by atomic mass is 16.5. The Morgan fingerprint density at radius 1 is 1.31 bits per heavy atom. The predicted octanol–water partition coefficient (Wildman–Crippen LogP) is 3.62. The molecule has 2 aliphatic rings. The van der Waals surface area contributed by atoms with Gasteiger partial charge in [0.25, 0.3) is 5.91 Å². The third kappa shape index (κ3) is 5.39. The van der Waals surface area contributed by atoms with Gasteiger partial charge in [-0.1, -0.05) is 25.1 Å². The van der Waals surface area contributed by atoms with Crippen molar-refractivity contribution in [2.24, 2.45) is 5.41 Å². The quantitative estimate of drug-likeness (QED) is 0.666. The van der Waals surface area contributed by atoms with Gasteiger partial charge in [-0.3, -0.25) is 9.69 Å². The minimum absolute atomic E-state index is 0.193. The minimum atomic E-state index is 0.193. The van der Waals surface area contributed by atoms with E-state index in [0.29, 0.717) is 6.04 Å². The summed E-state index contributed by atoms with van der Waals surface area (Å²) in [5.41, 5.74) is 2.26. The van der Waals surface area contributed by atoms with E-state index >= 15 is 0 Å². The zero-order valence-corrected chi connectivity index (χ0v) is 18.7. The number of amides is 1. The SMILES string of the molecule is CCc1ccccc1C(=O)N1CCC2(CC1)CO[C@H](CN(CCOC)C(C)C)C2. The third-order valence-electron chi connectivity index (χ3n) is 6.78. The van der Waals surface area contributed by atoms with Gasteiger partial charge in [-0.2, -0.15) is 0 Å². The number of ether oxygens (including phenoxy) is 2. The second kappa shape index (κ2) is 10.1. The summed E-state index contributed by atoms with van der Waals surface area (Å²) >= 11 is 0. The fraction of sp³-hybridized carbons (Fsp3) is 0.708. The highest BCUT2D eigenvalue weighted by Crippen LogP contribution is 2.42. The van der Waals surface area contributed by atoms with Crippen molar-refractivity contribution in [2.45, 2.75) is 58.6 Å². The van der Waals surface area contributed by atoms with Gasteiger partial charge in [-0.05, 0) is 56.6 Å². The first-order valence-corrected chi connectivity index (χ1v) is 11.2. The van der Waals surface area contributed by atoms with Crippen LogP contribution in [0.25, 0.3) is 0 Å². The number of piperidine rings is 1. The lowest BCUT2D eigenvalue weighted by Gasteiger charge is -2.39. The number of carbonyl (C=O) groups excluding carboxylic acids is 1. The second-order valence-corrected chi connectivity index (χ2v) is 9.02. The van der Waals surface area contributed by atoms with Crippen molar-refractivity contribution < 1.29 is 14.3 Å². The molecule has 5 nitrogen and oxygen atoms in total. The van der Waals surface area contributed by atoms with Crippen LogP contribution in [-0.2, 0) is 15.9 Å². The highest BCUT2D eigenvalue weighted by Gasteiger charge is 2.43. The first-order valence-electron chi connectivity index (χ1n) is 11.2. The molecule has 1 spiro atoms. The van der Waals surface area contributed by atoms with Gasteiger partial charge in [0.05, 0.1) is 19.3 Å². The molecule has 0 aliphatic carbocycles. The van der Waals surface area contributed by atoms with Crippen molar-refractivity contribution in [1.29, 1.82) is 0 Å². The van der Waals surface area contributed by atoms with Crippen molar-refractivity contribution in [3.05, 3.63) is 35.4 Å². The standard InChI is InChI=1S/C24H38N2O3/c1-5-20-8-6-7-9-22(20)23(27)25-12-10-24(11-13-25)16-21(29-18-24)17-26(19(2)3)14-15-28-4/h6-9,19,21H,5,10-18H2,1-4H3/t21-/m0/s1. The summed E-state index contributed by atoms with van der Waals surface area (Å²) in [5, 5.41) is 0. The van der Waals surface area contributed by atoms with Crippen LogP contribution < -0.4 is 0 Å². The maximum Gasteiger partial charge on any atom is 0.254 e. The van der Waals surface area contributed by atoms with Gasteiger partial charge < -0.3 is 14.4 Å². The zero-order chi connectivity index (χ0) is 20.9. The maximum absolute atomic E-state index is 13.0. The molecule has 3 rings (SSSR count). The normalized spacial score (nSPS) is 21.4. The van der Waals surface area contributed by atoms with E-state index in [4.69, 9.17) is 9.47 Å². The van der Waals surface area contributed by atoms with Gasteiger partial charge in [0.2, 0.25) is 0 Å². The Hall–Kier alpha value is -1.43. The maximum atomic E-state index is 13.0. The Morgan fingerprint density at radius 3 is 2.69 bits per heavy atom. The first-order chi connectivity index (χ1) is 14.0. The monoisotopic (exact) mass is 402 g/mol. The molecule has 2 heterocycles. The fourth-order valence-electron chi connectivity index (χ4n) is 4.78. The summed E-state index contributed by atoms with van der Waals surface area (Å²) in [7, 11) is 1.76.